The number of hydrogen-bond donors (Lipinski definition) is 0. The quantitative estimate of drug-likeness (QED) is 0.439. The van der Waals surface area contributed by atoms with Crippen LogP contribution in [0.1, 0.15) is 21.6 Å². The van der Waals surface area contributed by atoms with E-state index in [1.54, 1.807) is 48.5 Å². The molecule has 30 heavy (non-hydrogen) atoms. The van der Waals surface area contributed by atoms with E-state index in [9.17, 15) is 4.79 Å². The number of rotatable bonds is 4. The molecular formula is C20H18BrCl2N5OS. The molecule has 2 aromatic heterocycles. The van der Waals surface area contributed by atoms with Gasteiger partial charge in [-0.25, -0.2) is 9.67 Å². The molecule has 6 nitrogen and oxygen atoms in total. The molecule has 0 bridgehead atoms. The first-order valence-electron chi connectivity index (χ1n) is 8.78. The van der Waals surface area contributed by atoms with Gasteiger partial charge in [0.2, 0.25) is 0 Å². The fourth-order valence-electron chi connectivity index (χ4n) is 3.06. The molecule has 1 aromatic carbocycles. The highest BCUT2D eigenvalue weighted by Crippen LogP contribution is 2.31. The van der Waals surface area contributed by atoms with E-state index in [0.717, 1.165) is 5.56 Å². The minimum Gasteiger partial charge on any atom is -0.368 e. The van der Waals surface area contributed by atoms with Gasteiger partial charge in [0.25, 0.3) is 5.91 Å². The Labute approximate surface area is 198 Å². The molecule has 1 amide bonds. The number of benzene rings is 1. The maximum atomic E-state index is 13.5. The van der Waals surface area contributed by atoms with Gasteiger partial charge in [-0.1, -0.05) is 35.4 Å². The summed E-state index contributed by atoms with van der Waals surface area (Å²) < 4.78 is 1.90. The van der Waals surface area contributed by atoms with Crippen LogP contribution in [0.25, 0.3) is 5.82 Å². The smallest absolute Gasteiger partial charge is 0.276 e. The third-order valence-corrected chi connectivity index (χ3v) is 5.87. The summed E-state index contributed by atoms with van der Waals surface area (Å²) in [6.07, 6.45) is 1.59. The molecular weight excluding hydrogens is 509 g/mol. The van der Waals surface area contributed by atoms with E-state index in [2.05, 4.69) is 26.0 Å². The molecule has 0 aliphatic rings. The summed E-state index contributed by atoms with van der Waals surface area (Å²) >= 11 is 21.5. The van der Waals surface area contributed by atoms with Crippen molar-refractivity contribution in [2.45, 2.75) is 6.92 Å². The van der Waals surface area contributed by atoms with Gasteiger partial charge in [-0.15, -0.1) is 0 Å². The third kappa shape index (κ3) is 4.37. The Bertz CT molecular complexity index is 1150. The molecule has 0 spiro atoms. The highest BCUT2D eigenvalue weighted by Gasteiger charge is 2.26. The van der Waals surface area contributed by atoms with Crippen LogP contribution in [0, 0.1) is 6.92 Å². The van der Waals surface area contributed by atoms with Crippen molar-refractivity contribution in [1.82, 2.24) is 19.7 Å². The summed E-state index contributed by atoms with van der Waals surface area (Å²) in [6.45, 7) is 1.88. The topological polar surface area (TPSA) is 54.3 Å². The van der Waals surface area contributed by atoms with Crippen molar-refractivity contribution in [2.24, 2.45) is 0 Å². The summed E-state index contributed by atoms with van der Waals surface area (Å²) in [5.74, 6) is 0.0571. The molecule has 0 saturated carbocycles. The van der Waals surface area contributed by atoms with Crippen LogP contribution in [0.15, 0.2) is 41.1 Å². The lowest BCUT2D eigenvalue weighted by Crippen LogP contribution is -2.32. The van der Waals surface area contributed by atoms with Crippen LogP contribution in [0.4, 0.5) is 5.69 Å². The minimum atomic E-state index is -0.303. The van der Waals surface area contributed by atoms with E-state index < -0.39 is 0 Å². The summed E-state index contributed by atoms with van der Waals surface area (Å²) in [5.41, 5.74) is 2.47. The molecule has 0 N–H and O–H groups in total. The van der Waals surface area contributed by atoms with Gasteiger partial charge >= 0.3 is 0 Å². The predicted octanol–water partition coefficient (Wildman–Crippen LogP) is 5.16. The molecule has 0 aliphatic heterocycles. The van der Waals surface area contributed by atoms with E-state index >= 15 is 0 Å². The van der Waals surface area contributed by atoms with E-state index in [4.69, 9.17) is 35.4 Å². The molecule has 2 heterocycles. The fourth-order valence-corrected chi connectivity index (χ4v) is 4.06. The fraction of sp³-hybridized carbons (Fsp3) is 0.200. The summed E-state index contributed by atoms with van der Waals surface area (Å²) in [4.78, 5) is 21.7. The average molecular weight is 527 g/mol. The van der Waals surface area contributed by atoms with Crippen molar-refractivity contribution in [1.29, 1.82) is 0 Å². The Morgan fingerprint density at radius 3 is 2.53 bits per heavy atom. The number of anilines is 1. The van der Waals surface area contributed by atoms with Gasteiger partial charge in [-0.05, 0) is 52.7 Å². The van der Waals surface area contributed by atoms with Crippen molar-refractivity contribution in [3.8, 4) is 5.82 Å². The Morgan fingerprint density at radius 2 is 1.90 bits per heavy atom. The second-order valence-electron chi connectivity index (χ2n) is 6.76. The summed E-state index contributed by atoms with van der Waals surface area (Å²) in [7, 11) is 5.38. The summed E-state index contributed by atoms with van der Waals surface area (Å²) in [6, 6.07) is 8.58. The van der Waals surface area contributed by atoms with E-state index in [1.165, 1.54) is 9.58 Å². The van der Waals surface area contributed by atoms with Crippen LogP contribution in [0.3, 0.4) is 0 Å². The number of pyridine rings is 1. The molecule has 0 aliphatic carbocycles. The second-order valence-corrected chi connectivity index (χ2v) is 8.80. The van der Waals surface area contributed by atoms with Crippen LogP contribution in [0.5, 0.6) is 0 Å². The molecule has 3 rings (SSSR count). The SMILES string of the molecule is Cc1cc(Cl)cc(C(=S)N(C)C)c1N(C)C(=O)c1cc(Br)nn1-c1ncccc1Cl. The summed E-state index contributed by atoms with van der Waals surface area (Å²) in [5, 5.41) is 5.27. The highest BCUT2D eigenvalue weighted by molar-refractivity contribution is 9.10. The number of halogens is 3. The van der Waals surface area contributed by atoms with Crippen molar-refractivity contribution in [3.63, 3.8) is 0 Å². The Morgan fingerprint density at radius 1 is 1.20 bits per heavy atom. The Hall–Kier alpha value is -2.00. The average Bonchev–Trinajstić information content (AvgIpc) is 3.07. The van der Waals surface area contributed by atoms with Crippen molar-refractivity contribution in [2.75, 3.05) is 26.0 Å². The number of aryl methyl sites for hydroxylation is 1. The van der Waals surface area contributed by atoms with Crippen LogP contribution in [-0.2, 0) is 0 Å². The van der Waals surface area contributed by atoms with E-state index in [0.29, 0.717) is 42.4 Å². The van der Waals surface area contributed by atoms with Gasteiger partial charge in [0.05, 0.1) is 10.7 Å². The standard InChI is InChI=1S/C20H18BrCl2N5OS/c1-11-8-12(22)9-13(20(30)26(2)3)17(11)27(4)19(29)15-10-16(21)25-28(15)18-14(23)6-5-7-24-18/h5-10H,1-4H3. The maximum Gasteiger partial charge on any atom is 0.276 e. The number of carbonyl (C=O) groups is 1. The van der Waals surface area contributed by atoms with Crippen LogP contribution in [0.2, 0.25) is 10.0 Å². The minimum absolute atomic E-state index is 0.293. The number of hydrogen-bond acceptors (Lipinski definition) is 4. The first kappa shape index (κ1) is 22.7. The van der Waals surface area contributed by atoms with Crippen molar-refractivity contribution >= 4 is 67.9 Å². The number of aromatic nitrogens is 3. The molecule has 0 atom stereocenters. The molecule has 10 heteroatoms. The van der Waals surface area contributed by atoms with Crippen molar-refractivity contribution in [3.05, 3.63) is 68.0 Å². The largest absolute Gasteiger partial charge is 0.368 e. The van der Waals surface area contributed by atoms with Crippen LogP contribution in [-0.4, -0.2) is 51.7 Å². The van der Waals surface area contributed by atoms with Gasteiger partial charge < -0.3 is 9.80 Å². The van der Waals surface area contributed by atoms with Crippen LogP contribution >= 0.6 is 51.3 Å². The van der Waals surface area contributed by atoms with E-state index in [1.807, 2.05) is 21.0 Å². The maximum absolute atomic E-state index is 13.5. The molecule has 0 radical (unpaired) electrons. The van der Waals surface area contributed by atoms with Gasteiger partial charge in [0, 0.05) is 44.0 Å². The predicted molar refractivity (Wildman–Crippen MR) is 128 cm³/mol. The molecule has 156 valence electrons. The second kappa shape index (κ2) is 9.01. The number of carbonyl (C=O) groups excluding carboxylic acids is 1. The lowest BCUT2D eigenvalue weighted by Gasteiger charge is -2.25. The van der Waals surface area contributed by atoms with Gasteiger partial charge in [-0.2, -0.15) is 5.10 Å². The van der Waals surface area contributed by atoms with E-state index in [-0.39, 0.29) is 5.91 Å². The molecule has 0 unspecified atom stereocenters. The highest BCUT2D eigenvalue weighted by atomic mass is 79.9. The lowest BCUT2D eigenvalue weighted by atomic mass is 10.1. The zero-order valence-corrected chi connectivity index (χ0v) is 20.6. The Balaban J connectivity index is 2.13. The van der Waals surface area contributed by atoms with Gasteiger partial charge in [0.15, 0.2) is 5.82 Å². The third-order valence-electron chi connectivity index (χ3n) is 4.38. The zero-order chi connectivity index (χ0) is 22.2. The normalized spacial score (nSPS) is 10.8. The lowest BCUT2D eigenvalue weighted by molar-refractivity contribution is 0.0985. The Kier molecular flexibility index (Phi) is 6.81. The first-order valence-corrected chi connectivity index (χ1v) is 10.7. The number of nitrogens with zero attached hydrogens (tertiary/aromatic N) is 5. The first-order chi connectivity index (χ1) is 14.1. The van der Waals surface area contributed by atoms with Crippen molar-refractivity contribution < 1.29 is 4.79 Å². The molecule has 0 fully saturated rings. The van der Waals surface area contributed by atoms with Gasteiger partial charge in [0.1, 0.15) is 15.3 Å². The molecule has 3 aromatic rings. The van der Waals surface area contributed by atoms with Gasteiger partial charge in [-0.3, -0.25) is 4.79 Å². The van der Waals surface area contributed by atoms with Crippen LogP contribution < -0.4 is 4.90 Å². The monoisotopic (exact) mass is 525 g/mol. The zero-order valence-electron chi connectivity index (χ0n) is 16.7. The number of amides is 1. The molecule has 0 saturated heterocycles. The number of thiocarbonyl (C=S) groups is 1.